The van der Waals surface area contributed by atoms with Crippen LogP contribution in [0, 0.1) is 17.8 Å². The van der Waals surface area contributed by atoms with Crippen LogP contribution in [0.2, 0.25) is 0 Å². The lowest BCUT2D eigenvalue weighted by atomic mass is 9.84. The molecule has 5 unspecified atom stereocenters. The molecule has 0 saturated carbocycles. The molecule has 29 heteroatoms. The first-order chi connectivity index (χ1) is 39.7. The fraction of sp³-hybridized carbons (Fsp3) is 0.796. The highest BCUT2D eigenvalue weighted by molar-refractivity contribution is 7.99. The van der Waals surface area contributed by atoms with Gasteiger partial charge in [0.25, 0.3) is 0 Å². The van der Waals surface area contributed by atoms with Crippen molar-refractivity contribution < 1.29 is 62.4 Å². The number of ether oxygens (including phenoxy) is 4. The quantitative estimate of drug-likeness (QED) is 0.0115. The maximum absolute atomic E-state index is 13.9. The summed E-state index contributed by atoms with van der Waals surface area (Å²) in [5.41, 5.74) is 50.1. The maximum atomic E-state index is 13.9. The van der Waals surface area contributed by atoms with E-state index in [2.05, 4.69) is 32.5 Å². The summed E-state index contributed by atoms with van der Waals surface area (Å²) in [4.78, 5) is 117. The van der Waals surface area contributed by atoms with Crippen molar-refractivity contribution >= 4 is 76.9 Å². The average Bonchev–Trinajstić information content (AvgIpc) is 3.45. The number of aliphatic hydroxyl groups excluding tert-OH is 1. The fourth-order valence-electron chi connectivity index (χ4n) is 8.15. The molecular formula is C54H103N15O13S. The lowest BCUT2D eigenvalue weighted by Gasteiger charge is -2.23. The standard InChI is InChI=1S/C54H103N15O13S/c1-39(13-9-21-55)37-64-25-17-46(73)79-30-5-6-31-80-47(74)18-27-69(26-3-2-4-29-70)28-19-48(75)81-32-7-8-33-82-49(76)20-34-83-38-42(56)51(78)68-43(16-12-24-67-54(62)63)45(72)35-40(14-10-22-65-52(58)59)44(71)36-41(50(57)77)15-11-23-66-53(60)61/h39-43,64,70H,2-38,55-56H2,1H3,(H2,57,77)(H,68,78)(H4,58,59,65)(H4,60,61,66)(H4,62,63,67). The van der Waals surface area contributed by atoms with Crippen LogP contribution in [0.3, 0.4) is 0 Å². The van der Waals surface area contributed by atoms with Gasteiger partial charge in [0.2, 0.25) is 11.8 Å². The first-order valence-electron chi connectivity index (χ1n) is 29.2. The molecule has 0 saturated heterocycles. The molecule has 0 fully saturated rings. The number of unbranched alkanes of at least 4 members (excludes halogenated alkanes) is 4. The Morgan fingerprint density at radius 2 is 1.04 bits per heavy atom. The molecule has 0 aromatic rings. The number of carbonyl (C=O) groups is 8. The van der Waals surface area contributed by atoms with Gasteiger partial charge in [-0.05, 0) is 122 Å². The molecule has 0 aromatic carbocycles. The van der Waals surface area contributed by atoms with Crippen molar-refractivity contribution in [3.8, 4) is 0 Å². The van der Waals surface area contributed by atoms with Crippen molar-refractivity contribution in [1.82, 2.24) is 15.5 Å². The van der Waals surface area contributed by atoms with Crippen LogP contribution >= 0.6 is 11.8 Å². The van der Waals surface area contributed by atoms with Crippen LogP contribution in [0.1, 0.15) is 142 Å². The summed E-state index contributed by atoms with van der Waals surface area (Å²) in [7, 11) is 0. The van der Waals surface area contributed by atoms with Crippen LogP contribution in [0.15, 0.2) is 15.0 Å². The Hall–Kier alpha value is -5.88. The average molecular weight is 1200 g/mol. The smallest absolute Gasteiger partial charge is 0.307 e. The lowest BCUT2D eigenvalue weighted by molar-refractivity contribution is -0.146. The van der Waals surface area contributed by atoms with Gasteiger partial charge in [0.15, 0.2) is 23.7 Å². The number of nitrogens with one attached hydrogen (secondary N) is 2. The largest absolute Gasteiger partial charge is 0.466 e. The van der Waals surface area contributed by atoms with Crippen molar-refractivity contribution in [3.63, 3.8) is 0 Å². The Kier molecular flexibility index (Phi) is 47.0. The predicted octanol–water partition coefficient (Wildman–Crippen LogP) is -0.949. The number of thioether (sulfide) groups is 1. The zero-order valence-electron chi connectivity index (χ0n) is 49.3. The van der Waals surface area contributed by atoms with Crippen LogP contribution in [0.25, 0.3) is 0 Å². The highest BCUT2D eigenvalue weighted by Gasteiger charge is 2.31. The second kappa shape index (κ2) is 50.6. The fourth-order valence-corrected chi connectivity index (χ4v) is 9.03. The van der Waals surface area contributed by atoms with Crippen LogP contribution in [-0.2, 0) is 57.3 Å². The summed E-state index contributed by atoms with van der Waals surface area (Å²) in [6.45, 7) is 6.91. The van der Waals surface area contributed by atoms with Gasteiger partial charge in [-0.1, -0.05) is 6.92 Å². The van der Waals surface area contributed by atoms with E-state index in [0.29, 0.717) is 90.0 Å². The minimum Gasteiger partial charge on any atom is -0.466 e. The molecule has 0 aliphatic heterocycles. The van der Waals surface area contributed by atoms with Crippen LogP contribution in [0.5, 0.6) is 0 Å². The Labute approximate surface area is 494 Å². The second-order valence-corrected chi connectivity index (χ2v) is 21.5. The third-order valence-corrected chi connectivity index (χ3v) is 14.0. The van der Waals surface area contributed by atoms with Gasteiger partial charge in [-0.15, -0.1) is 0 Å². The molecule has 0 heterocycles. The van der Waals surface area contributed by atoms with Crippen LogP contribution in [0.4, 0.5) is 0 Å². The van der Waals surface area contributed by atoms with E-state index < -0.39 is 53.5 Å². The van der Waals surface area contributed by atoms with Gasteiger partial charge in [0.1, 0.15) is 5.78 Å². The summed E-state index contributed by atoms with van der Waals surface area (Å²) in [6.07, 6.45) is 7.89. The molecule has 2 amide bonds. The number of aliphatic hydroxyl groups is 1. The molecule has 0 aliphatic rings. The van der Waals surface area contributed by atoms with Crippen molar-refractivity contribution in [2.75, 3.05) is 103 Å². The topological polar surface area (TPSA) is 492 Å². The third kappa shape index (κ3) is 46.2. The number of rotatable bonds is 55. The van der Waals surface area contributed by atoms with Crippen molar-refractivity contribution in [2.45, 2.75) is 154 Å². The lowest BCUT2D eigenvalue weighted by Crippen LogP contribution is -2.50. The number of Topliss-reactive ketones (excluding diaryl/α,β-unsaturated/α-hetero) is 2. The number of nitrogens with zero attached hydrogens (tertiary/aromatic N) is 4. The highest BCUT2D eigenvalue weighted by Crippen LogP contribution is 2.23. The summed E-state index contributed by atoms with van der Waals surface area (Å²) in [5, 5.41) is 15.2. The zero-order chi connectivity index (χ0) is 62.0. The molecule has 0 aromatic heterocycles. The number of amides is 2. The van der Waals surface area contributed by atoms with Gasteiger partial charge in [-0.3, -0.25) is 53.3 Å². The van der Waals surface area contributed by atoms with E-state index in [1.807, 2.05) is 4.90 Å². The second-order valence-electron chi connectivity index (χ2n) is 20.4. The van der Waals surface area contributed by atoms with Gasteiger partial charge in [-0.25, -0.2) is 0 Å². The van der Waals surface area contributed by atoms with Gasteiger partial charge in [-0.2, -0.15) is 11.8 Å². The van der Waals surface area contributed by atoms with E-state index in [1.54, 1.807) is 0 Å². The maximum Gasteiger partial charge on any atom is 0.307 e. The first-order valence-corrected chi connectivity index (χ1v) is 30.3. The van der Waals surface area contributed by atoms with E-state index in [9.17, 15) is 43.5 Å². The molecule has 0 radical (unpaired) electrons. The molecule has 83 heavy (non-hydrogen) atoms. The minimum atomic E-state index is -1.07. The van der Waals surface area contributed by atoms with Gasteiger partial charge >= 0.3 is 23.9 Å². The monoisotopic (exact) mass is 1200 g/mol. The number of carbonyl (C=O) groups excluding carboxylic acids is 8. The minimum absolute atomic E-state index is 0.0353. The summed E-state index contributed by atoms with van der Waals surface area (Å²) < 4.78 is 21.4. The molecule has 0 rings (SSSR count). The zero-order valence-corrected chi connectivity index (χ0v) is 50.1. The van der Waals surface area contributed by atoms with E-state index in [-0.39, 0.29) is 158 Å². The molecular weight excluding hydrogens is 1100 g/mol. The number of hydrogen-bond donors (Lipinski definition) is 12. The Balaban J connectivity index is 4.90. The van der Waals surface area contributed by atoms with Crippen molar-refractivity contribution in [3.05, 3.63) is 0 Å². The molecule has 0 bridgehead atoms. The van der Waals surface area contributed by atoms with Crippen molar-refractivity contribution in [2.24, 2.45) is 84.3 Å². The molecule has 0 aliphatic carbocycles. The molecule has 478 valence electrons. The van der Waals surface area contributed by atoms with Gasteiger partial charge in [0, 0.05) is 82.1 Å². The van der Waals surface area contributed by atoms with Crippen LogP contribution < -0.4 is 62.2 Å². The summed E-state index contributed by atoms with van der Waals surface area (Å²) >= 11 is 1.24. The highest BCUT2D eigenvalue weighted by atomic mass is 32.2. The van der Waals surface area contributed by atoms with Crippen molar-refractivity contribution in [1.29, 1.82) is 0 Å². The molecule has 21 N–H and O–H groups in total. The van der Waals surface area contributed by atoms with Gasteiger partial charge < -0.3 is 91.2 Å². The van der Waals surface area contributed by atoms with E-state index in [1.165, 1.54) is 11.8 Å². The molecule has 28 nitrogen and oxygen atoms in total. The first kappa shape index (κ1) is 77.1. The Morgan fingerprint density at radius 3 is 1.53 bits per heavy atom. The summed E-state index contributed by atoms with van der Waals surface area (Å²) in [6, 6.07) is -2.13. The number of ketones is 2. The molecule has 5 atom stereocenters. The number of aliphatic imine (C=N–C) groups is 3. The van der Waals surface area contributed by atoms with E-state index in [0.717, 1.165) is 32.2 Å². The van der Waals surface area contributed by atoms with Crippen LogP contribution in [-0.4, -0.2) is 191 Å². The van der Waals surface area contributed by atoms with E-state index >= 15 is 0 Å². The number of nitrogens with two attached hydrogens (primary N) is 9. The molecule has 0 spiro atoms. The third-order valence-electron chi connectivity index (χ3n) is 12.9. The predicted molar refractivity (Wildman–Crippen MR) is 321 cm³/mol. The number of hydrogen-bond acceptors (Lipinski definition) is 21. The Morgan fingerprint density at radius 1 is 0.554 bits per heavy atom. The Bertz CT molecular complexity index is 1940. The van der Waals surface area contributed by atoms with E-state index in [4.69, 9.17) is 70.6 Å². The number of primary amides is 1. The summed E-state index contributed by atoms with van der Waals surface area (Å²) in [5.74, 6) is -4.86. The van der Waals surface area contributed by atoms with Gasteiger partial charge in [0.05, 0.1) is 64.2 Å². The number of esters is 4. The number of guanidine groups is 3. The SMILES string of the molecule is CC(CCCN)CNCCC(=O)OCCCCOC(=O)CCN(CCCCCO)CCC(=O)OCCCCOC(=O)CCSCC(N)C(=O)NC(CCCN=C(N)N)C(=O)CC(CCCN=C(N)N)C(=O)CC(CCCN=C(N)N)C(N)=O. The normalized spacial score (nSPS) is 12.9.